The molecule has 1 aromatic rings. The number of piperidine rings is 1. The van der Waals surface area contributed by atoms with Crippen molar-refractivity contribution in [3.63, 3.8) is 0 Å². The second kappa shape index (κ2) is 5.93. The van der Waals surface area contributed by atoms with E-state index < -0.39 is 0 Å². The van der Waals surface area contributed by atoms with Gasteiger partial charge in [0.15, 0.2) is 0 Å². The van der Waals surface area contributed by atoms with Crippen LogP contribution in [0.15, 0.2) is 18.2 Å². The van der Waals surface area contributed by atoms with Crippen molar-refractivity contribution in [1.82, 2.24) is 10.2 Å². The van der Waals surface area contributed by atoms with Crippen molar-refractivity contribution in [2.45, 2.75) is 31.8 Å². The number of hydrogen-bond acceptors (Lipinski definition) is 4. The fraction of sp³-hybridized carbons (Fsp3) is 0.500. The SMILES string of the molecule is CNC(=O)C1CCCCN1Cc1cc(N)ccc1O. The molecule has 1 fully saturated rings. The Hall–Kier alpha value is -1.75. The topological polar surface area (TPSA) is 78.6 Å². The van der Waals surface area contributed by atoms with Crippen molar-refractivity contribution in [3.05, 3.63) is 23.8 Å². The van der Waals surface area contributed by atoms with Gasteiger partial charge in [0.25, 0.3) is 0 Å². The predicted molar refractivity (Wildman–Crippen MR) is 74.6 cm³/mol. The van der Waals surface area contributed by atoms with Gasteiger partial charge in [-0.2, -0.15) is 0 Å². The van der Waals surface area contributed by atoms with Crippen LogP contribution in [0, 0.1) is 0 Å². The number of anilines is 1. The summed E-state index contributed by atoms with van der Waals surface area (Å²) in [6.07, 6.45) is 3.01. The van der Waals surface area contributed by atoms with Gasteiger partial charge in [-0.15, -0.1) is 0 Å². The maximum atomic E-state index is 11.9. The molecule has 1 aromatic carbocycles. The summed E-state index contributed by atoms with van der Waals surface area (Å²) in [6, 6.07) is 4.93. The van der Waals surface area contributed by atoms with E-state index in [1.54, 1.807) is 25.2 Å². The standard InChI is InChI=1S/C14H21N3O2/c1-16-14(19)12-4-2-3-7-17(12)9-10-8-11(15)5-6-13(10)18/h5-6,8,12,18H,2-4,7,9,15H2,1H3,(H,16,19). The molecule has 0 aliphatic carbocycles. The highest BCUT2D eigenvalue weighted by molar-refractivity contribution is 5.81. The third-order valence-electron chi connectivity index (χ3n) is 3.64. The summed E-state index contributed by atoms with van der Waals surface area (Å²) in [6.45, 7) is 1.42. The molecule has 0 bridgehead atoms. The van der Waals surface area contributed by atoms with E-state index in [9.17, 15) is 9.90 Å². The average molecular weight is 263 g/mol. The highest BCUT2D eigenvalue weighted by Gasteiger charge is 2.28. The van der Waals surface area contributed by atoms with E-state index in [4.69, 9.17) is 5.73 Å². The minimum absolute atomic E-state index is 0.0445. The number of likely N-dealkylation sites (tertiary alicyclic amines) is 1. The average Bonchev–Trinajstić information content (AvgIpc) is 2.42. The van der Waals surface area contributed by atoms with Crippen LogP contribution < -0.4 is 11.1 Å². The first-order chi connectivity index (χ1) is 9.11. The molecule has 0 radical (unpaired) electrons. The van der Waals surface area contributed by atoms with Gasteiger partial charge in [-0.25, -0.2) is 0 Å². The van der Waals surface area contributed by atoms with Crippen LogP contribution in [0.1, 0.15) is 24.8 Å². The van der Waals surface area contributed by atoms with Crippen molar-refractivity contribution >= 4 is 11.6 Å². The zero-order valence-electron chi connectivity index (χ0n) is 11.2. The van der Waals surface area contributed by atoms with E-state index in [0.717, 1.165) is 31.4 Å². The van der Waals surface area contributed by atoms with Crippen molar-refractivity contribution in [2.24, 2.45) is 0 Å². The van der Waals surface area contributed by atoms with Crippen LogP contribution in [-0.2, 0) is 11.3 Å². The van der Waals surface area contributed by atoms with Crippen molar-refractivity contribution in [1.29, 1.82) is 0 Å². The summed E-state index contributed by atoms with van der Waals surface area (Å²) >= 11 is 0. The third-order valence-corrected chi connectivity index (χ3v) is 3.64. The molecule has 1 amide bonds. The number of nitrogens with two attached hydrogens (primary N) is 1. The van der Waals surface area contributed by atoms with E-state index in [-0.39, 0.29) is 17.7 Å². The summed E-state index contributed by atoms with van der Waals surface area (Å²) in [7, 11) is 1.66. The molecule has 1 aliphatic rings. The van der Waals surface area contributed by atoms with Crippen LogP contribution in [-0.4, -0.2) is 35.5 Å². The summed E-state index contributed by atoms with van der Waals surface area (Å²) in [5.41, 5.74) is 7.14. The zero-order chi connectivity index (χ0) is 13.8. The van der Waals surface area contributed by atoms with Gasteiger partial charge in [0, 0.05) is 24.8 Å². The summed E-state index contributed by atoms with van der Waals surface area (Å²) in [5, 5.41) is 12.6. The first-order valence-corrected chi connectivity index (χ1v) is 6.65. The molecule has 1 aliphatic heterocycles. The number of nitrogens with zero attached hydrogens (tertiary/aromatic N) is 1. The molecule has 4 N–H and O–H groups in total. The second-order valence-electron chi connectivity index (χ2n) is 4.98. The fourth-order valence-electron chi connectivity index (χ4n) is 2.59. The highest BCUT2D eigenvalue weighted by Crippen LogP contribution is 2.25. The first-order valence-electron chi connectivity index (χ1n) is 6.65. The Kier molecular flexibility index (Phi) is 4.27. The molecule has 0 spiro atoms. The zero-order valence-corrected chi connectivity index (χ0v) is 11.2. The van der Waals surface area contributed by atoms with Crippen molar-refractivity contribution < 1.29 is 9.90 Å². The normalized spacial score (nSPS) is 20.2. The number of benzene rings is 1. The number of amides is 1. The number of nitrogens with one attached hydrogen (secondary N) is 1. The van der Waals surface area contributed by atoms with E-state index >= 15 is 0 Å². The van der Waals surface area contributed by atoms with Gasteiger partial charge >= 0.3 is 0 Å². The molecule has 104 valence electrons. The van der Waals surface area contributed by atoms with Gasteiger partial charge < -0.3 is 16.2 Å². The lowest BCUT2D eigenvalue weighted by molar-refractivity contribution is -0.127. The van der Waals surface area contributed by atoms with E-state index in [2.05, 4.69) is 10.2 Å². The Morgan fingerprint density at radius 1 is 1.53 bits per heavy atom. The van der Waals surface area contributed by atoms with Crippen LogP contribution in [0.3, 0.4) is 0 Å². The molecule has 0 aromatic heterocycles. The lowest BCUT2D eigenvalue weighted by Crippen LogP contribution is -2.48. The van der Waals surface area contributed by atoms with Gasteiger partial charge in [0.2, 0.25) is 5.91 Å². The van der Waals surface area contributed by atoms with Crippen molar-refractivity contribution in [2.75, 3.05) is 19.3 Å². The van der Waals surface area contributed by atoms with Gasteiger partial charge in [0.05, 0.1) is 6.04 Å². The summed E-state index contributed by atoms with van der Waals surface area (Å²) in [4.78, 5) is 14.0. The molecule has 1 atom stereocenters. The number of rotatable bonds is 3. The highest BCUT2D eigenvalue weighted by atomic mass is 16.3. The van der Waals surface area contributed by atoms with Gasteiger partial charge in [-0.1, -0.05) is 6.42 Å². The number of carbonyl (C=O) groups excluding carboxylic acids is 1. The van der Waals surface area contributed by atoms with Crippen LogP contribution in [0.5, 0.6) is 5.75 Å². The molecular formula is C14H21N3O2. The number of aromatic hydroxyl groups is 1. The van der Waals surface area contributed by atoms with E-state index in [1.807, 2.05) is 0 Å². The van der Waals surface area contributed by atoms with Crippen LogP contribution >= 0.6 is 0 Å². The van der Waals surface area contributed by atoms with Gasteiger partial charge in [0.1, 0.15) is 5.75 Å². The maximum Gasteiger partial charge on any atom is 0.237 e. The smallest absolute Gasteiger partial charge is 0.237 e. The van der Waals surface area contributed by atoms with E-state index in [1.165, 1.54) is 0 Å². The predicted octanol–water partition coefficient (Wildman–Crippen LogP) is 1.07. The fourth-order valence-corrected chi connectivity index (χ4v) is 2.59. The largest absolute Gasteiger partial charge is 0.508 e. The molecule has 1 heterocycles. The quantitative estimate of drug-likeness (QED) is 0.563. The van der Waals surface area contributed by atoms with E-state index in [0.29, 0.717) is 12.2 Å². The number of phenolic OH excluding ortho intramolecular Hbond substituents is 1. The number of carbonyl (C=O) groups is 1. The Labute approximate surface area is 113 Å². The lowest BCUT2D eigenvalue weighted by Gasteiger charge is -2.34. The maximum absolute atomic E-state index is 11.9. The lowest BCUT2D eigenvalue weighted by atomic mass is 10.00. The minimum Gasteiger partial charge on any atom is -0.508 e. The molecule has 1 saturated heterocycles. The Morgan fingerprint density at radius 2 is 2.32 bits per heavy atom. The summed E-state index contributed by atoms with van der Waals surface area (Å²) in [5.74, 6) is 0.276. The van der Waals surface area contributed by atoms with Crippen molar-refractivity contribution in [3.8, 4) is 5.75 Å². The first kappa shape index (κ1) is 13.7. The van der Waals surface area contributed by atoms with Gasteiger partial charge in [-0.3, -0.25) is 9.69 Å². The number of likely N-dealkylation sites (N-methyl/N-ethyl adjacent to an activating group) is 1. The van der Waals surface area contributed by atoms with Crippen LogP contribution in [0.2, 0.25) is 0 Å². The molecule has 19 heavy (non-hydrogen) atoms. The monoisotopic (exact) mass is 263 g/mol. The summed E-state index contributed by atoms with van der Waals surface area (Å²) < 4.78 is 0. The minimum atomic E-state index is -0.111. The molecule has 5 heteroatoms. The molecular weight excluding hydrogens is 242 g/mol. The molecule has 1 unspecified atom stereocenters. The molecule has 5 nitrogen and oxygen atoms in total. The Morgan fingerprint density at radius 3 is 3.05 bits per heavy atom. The number of phenols is 1. The molecule has 0 saturated carbocycles. The van der Waals surface area contributed by atoms with Crippen LogP contribution in [0.4, 0.5) is 5.69 Å². The molecule has 2 rings (SSSR count). The number of nitrogen functional groups attached to an aromatic ring is 1. The van der Waals surface area contributed by atoms with Gasteiger partial charge in [-0.05, 0) is 37.6 Å². The van der Waals surface area contributed by atoms with Crippen LogP contribution in [0.25, 0.3) is 0 Å². The Bertz CT molecular complexity index is 462. The Balaban J connectivity index is 2.15. The third kappa shape index (κ3) is 3.17. The number of hydrogen-bond donors (Lipinski definition) is 3. The second-order valence-corrected chi connectivity index (χ2v) is 4.98.